The van der Waals surface area contributed by atoms with Gasteiger partial charge < -0.3 is 4.74 Å². The van der Waals surface area contributed by atoms with Gasteiger partial charge in [0.2, 0.25) is 5.88 Å². The summed E-state index contributed by atoms with van der Waals surface area (Å²) in [4.78, 5) is 4.31. The van der Waals surface area contributed by atoms with Crippen molar-refractivity contribution in [3.63, 3.8) is 0 Å². The molecule has 0 aliphatic rings. The number of alkyl halides is 3. The average molecular weight is 415 g/mol. The van der Waals surface area contributed by atoms with Gasteiger partial charge >= 0.3 is 6.18 Å². The number of hydrogen-bond acceptors (Lipinski definition) is 3. The van der Waals surface area contributed by atoms with E-state index in [1.807, 2.05) is 19.1 Å². The summed E-state index contributed by atoms with van der Waals surface area (Å²) in [6, 6.07) is 13.6. The lowest BCUT2D eigenvalue weighted by Crippen LogP contribution is -2.09. The zero-order valence-corrected chi connectivity index (χ0v) is 16.2. The first-order valence-corrected chi connectivity index (χ1v) is 9.14. The van der Waals surface area contributed by atoms with E-state index in [0.29, 0.717) is 11.3 Å². The number of nitrogens with zero attached hydrogens (tertiary/aromatic N) is 3. The summed E-state index contributed by atoms with van der Waals surface area (Å²) >= 11 is 0. The number of fused-ring (bicyclic) bond motifs is 1. The largest absolute Gasteiger partial charge is 0.473 e. The first-order chi connectivity index (χ1) is 14.2. The number of benzene rings is 2. The molecule has 0 radical (unpaired) electrons. The van der Waals surface area contributed by atoms with Crippen molar-refractivity contribution in [1.82, 2.24) is 14.8 Å². The summed E-state index contributed by atoms with van der Waals surface area (Å²) in [5, 5.41) is 4.22. The standard InChI is InChI=1S/C22H17F4N3O/c1-13-3-9-17(10-4-13)29-21-20(14(2)28-29)18(22(24,25)26)11-19(27-21)30-12-15-5-7-16(23)8-6-15/h3-11H,12H2,1-2H3. The smallest absolute Gasteiger partial charge is 0.417 e. The third-order valence-corrected chi connectivity index (χ3v) is 4.67. The second-order valence-electron chi connectivity index (χ2n) is 6.95. The van der Waals surface area contributed by atoms with Gasteiger partial charge in [-0.05, 0) is 43.7 Å². The lowest BCUT2D eigenvalue weighted by molar-refractivity contribution is -0.136. The van der Waals surface area contributed by atoms with Gasteiger partial charge in [-0.3, -0.25) is 0 Å². The van der Waals surface area contributed by atoms with Crippen molar-refractivity contribution in [2.45, 2.75) is 26.6 Å². The number of ether oxygens (including phenoxy) is 1. The average Bonchev–Trinajstić information content (AvgIpc) is 3.03. The highest BCUT2D eigenvalue weighted by molar-refractivity contribution is 5.84. The summed E-state index contributed by atoms with van der Waals surface area (Å²) in [6.45, 7) is 3.38. The van der Waals surface area contributed by atoms with Crippen LogP contribution in [0.3, 0.4) is 0 Å². The van der Waals surface area contributed by atoms with Gasteiger partial charge in [0.05, 0.1) is 22.3 Å². The zero-order valence-electron chi connectivity index (χ0n) is 16.2. The van der Waals surface area contributed by atoms with Gasteiger partial charge in [-0.25, -0.2) is 9.07 Å². The second kappa shape index (κ2) is 7.44. The van der Waals surface area contributed by atoms with Crippen LogP contribution in [0.4, 0.5) is 17.6 Å². The fourth-order valence-corrected chi connectivity index (χ4v) is 3.17. The maximum absolute atomic E-state index is 13.8. The number of rotatable bonds is 4. The number of aryl methyl sites for hydroxylation is 2. The van der Waals surface area contributed by atoms with Gasteiger partial charge in [0.15, 0.2) is 5.65 Å². The van der Waals surface area contributed by atoms with Gasteiger partial charge in [0.25, 0.3) is 0 Å². The molecule has 4 aromatic rings. The van der Waals surface area contributed by atoms with E-state index in [1.54, 1.807) is 12.1 Å². The van der Waals surface area contributed by atoms with Crippen LogP contribution in [-0.4, -0.2) is 14.8 Å². The molecule has 2 aromatic heterocycles. The normalized spacial score (nSPS) is 11.8. The predicted octanol–water partition coefficient (Wildman–Crippen LogP) is 5.77. The Labute approximate surface area is 169 Å². The monoisotopic (exact) mass is 415 g/mol. The van der Waals surface area contributed by atoms with Crippen LogP contribution < -0.4 is 4.74 Å². The fraction of sp³-hybridized carbons (Fsp3) is 0.182. The molecular weight excluding hydrogens is 398 g/mol. The Hall–Kier alpha value is -3.42. The molecule has 8 heteroatoms. The van der Waals surface area contributed by atoms with Crippen molar-refractivity contribution in [1.29, 1.82) is 0 Å². The molecule has 4 nitrogen and oxygen atoms in total. The van der Waals surface area contributed by atoms with E-state index in [9.17, 15) is 17.6 Å². The van der Waals surface area contributed by atoms with Crippen LogP contribution in [0, 0.1) is 19.7 Å². The molecular formula is C22H17F4N3O. The van der Waals surface area contributed by atoms with E-state index in [-0.39, 0.29) is 29.2 Å². The van der Waals surface area contributed by atoms with E-state index < -0.39 is 17.6 Å². The Morgan fingerprint density at radius 1 is 0.967 bits per heavy atom. The molecule has 0 amide bonds. The minimum absolute atomic E-state index is 0.0479. The minimum atomic E-state index is -4.61. The Balaban J connectivity index is 1.82. The fourth-order valence-electron chi connectivity index (χ4n) is 3.17. The molecule has 154 valence electrons. The van der Waals surface area contributed by atoms with Crippen LogP contribution in [0.25, 0.3) is 16.7 Å². The summed E-state index contributed by atoms with van der Waals surface area (Å²) < 4.78 is 61.3. The highest BCUT2D eigenvalue weighted by atomic mass is 19.4. The van der Waals surface area contributed by atoms with E-state index in [4.69, 9.17) is 4.74 Å². The molecule has 0 bridgehead atoms. The molecule has 0 spiro atoms. The Bertz CT molecular complexity index is 1200. The molecule has 2 aromatic carbocycles. The van der Waals surface area contributed by atoms with E-state index in [0.717, 1.165) is 11.6 Å². The Morgan fingerprint density at radius 3 is 2.27 bits per heavy atom. The SMILES string of the molecule is Cc1ccc(-n2nc(C)c3c(C(F)(F)F)cc(OCc4ccc(F)cc4)nc32)cc1. The van der Waals surface area contributed by atoms with Crippen LogP contribution >= 0.6 is 0 Å². The molecule has 0 aliphatic carbocycles. The number of aromatic nitrogens is 3. The van der Waals surface area contributed by atoms with Crippen molar-refractivity contribution in [3.8, 4) is 11.6 Å². The molecule has 0 saturated heterocycles. The molecule has 2 heterocycles. The number of pyridine rings is 1. The summed E-state index contributed by atoms with van der Waals surface area (Å²) in [6.07, 6.45) is -4.61. The summed E-state index contributed by atoms with van der Waals surface area (Å²) in [7, 11) is 0. The minimum Gasteiger partial charge on any atom is -0.473 e. The predicted molar refractivity (Wildman–Crippen MR) is 104 cm³/mol. The van der Waals surface area contributed by atoms with Crippen LogP contribution in [0.2, 0.25) is 0 Å². The first-order valence-electron chi connectivity index (χ1n) is 9.14. The number of hydrogen-bond donors (Lipinski definition) is 0. The van der Waals surface area contributed by atoms with E-state index in [1.165, 1.54) is 35.9 Å². The molecule has 0 N–H and O–H groups in total. The highest BCUT2D eigenvalue weighted by Gasteiger charge is 2.36. The van der Waals surface area contributed by atoms with Crippen molar-refractivity contribution < 1.29 is 22.3 Å². The van der Waals surface area contributed by atoms with Gasteiger partial charge in [-0.15, -0.1) is 0 Å². The quantitative estimate of drug-likeness (QED) is 0.397. The lowest BCUT2D eigenvalue weighted by Gasteiger charge is -2.12. The first kappa shape index (κ1) is 19.9. The van der Waals surface area contributed by atoms with Crippen LogP contribution in [0.1, 0.15) is 22.4 Å². The van der Waals surface area contributed by atoms with Crippen LogP contribution in [-0.2, 0) is 12.8 Å². The van der Waals surface area contributed by atoms with Crippen LogP contribution in [0.5, 0.6) is 5.88 Å². The van der Waals surface area contributed by atoms with Gasteiger partial charge in [-0.2, -0.15) is 23.3 Å². The maximum Gasteiger partial charge on any atom is 0.417 e. The van der Waals surface area contributed by atoms with Gasteiger partial charge in [0.1, 0.15) is 12.4 Å². The zero-order chi connectivity index (χ0) is 21.5. The molecule has 0 atom stereocenters. The van der Waals surface area contributed by atoms with E-state index in [2.05, 4.69) is 10.1 Å². The molecule has 0 fully saturated rings. The topological polar surface area (TPSA) is 39.9 Å². The Morgan fingerprint density at radius 2 is 1.63 bits per heavy atom. The molecule has 0 aliphatic heterocycles. The third kappa shape index (κ3) is 3.85. The van der Waals surface area contributed by atoms with Crippen LogP contribution in [0.15, 0.2) is 54.6 Å². The van der Waals surface area contributed by atoms with E-state index >= 15 is 0 Å². The molecule has 4 rings (SSSR count). The third-order valence-electron chi connectivity index (χ3n) is 4.67. The summed E-state index contributed by atoms with van der Waals surface area (Å²) in [5.74, 6) is -0.595. The lowest BCUT2D eigenvalue weighted by atomic mass is 10.1. The number of halogens is 4. The van der Waals surface area contributed by atoms with Crippen molar-refractivity contribution in [2.24, 2.45) is 0 Å². The highest BCUT2D eigenvalue weighted by Crippen LogP contribution is 2.38. The van der Waals surface area contributed by atoms with Crippen molar-refractivity contribution >= 4 is 11.0 Å². The van der Waals surface area contributed by atoms with Gasteiger partial charge in [-0.1, -0.05) is 29.8 Å². The second-order valence-corrected chi connectivity index (χ2v) is 6.95. The molecule has 0 unspecified atom stereocenters. The van der Waals surface area contributed by atoms with Crippen molar-refractivity contribution in [3.05, 3.63) is 82.8 Å². The Kier molecular flexibility index (Phi) is 4.93. The molecule has 0 saturated carbocycles. The van der Waals surface area contributed by atoms with Gasteiger partial charge in [0, 0.05) is 6.07 Å². The van der Waals surface area contributed by atoms with Crippen molar-refractivity contribution in [2.75, 3.05) is 0 Å². The summed E-state index contributed by atoms with van der Waals surface area (Å²) in [5.41, 5.74) is 1.62. The molecule has 30 heavy (non-hydrogen) atoms. The maximum atomic E-state index is 13.8.